The molecule has 4 rings (SSSR count). The van der Waals surface area contributed by atoms with E-state index < -0.39 is 5.60 Å². The molecule has 7 heteroatoms. The smallest absolute Gasteiger partial charge is 0.270 e. The number of benzene rings is 1. The zero-order valence-corrected chi connectivity index (χ0v) is 15.6. The Hall–Kier alpha value is -1.96. The van der Waals surface area contributed by atoms with Crippen molar-refractivity contribution < 1.29 is 19.0 Å². The van der Waals surface area contributed by atoms with Crippen molar-refractivity contribution in [2.24, 2.45) is 0 Å². The second-order valence-electron chi connectivity index (χ2n) is 7.80. The highest BCUT2D eigenvalue weighted by Crippen LogP contribution is 2.25. The molecule has 0 aliphatic carbocycles. The first-order chi connectivity index (χ1) is 13.0. The Labute approximate surface area is 157 Å². The van der Waals surface area contributed by atoms with Crippen molar-refractivity contribution >= 4 is 16.8 Å². The van der Waals surface area contributed by atoms with Crippen LogP contribution in [0.2, 0.25) is 0 Å². The van der Waals surface area contributed by atoms with E-state index in [0.29, 0.717) is 30.8 Å². The molecule has 2 saturated heterocycles. The third-order valence-electron chi connectivity index (χ3n) is 5.60. The van der Waals surface area contributed by atoms with Gasteiger partial charge in [-0.3, -0.25) is 4.79 Å². The van der Waals surface area contributed by atoms with Crippen LogP contribution >= 0.6 is 0 Å². The lowest BCUT2D eigenvalue weighted by molar-refractivity contribution is -0.0524. The number of carbonyl (C=O) groups is 1. The summed E-state index contributed by atoms with van der Waals surface area (Å²) < 4.78 is 19.2. The van der Waals surface area contributed by atoms with Gasteiger partial charge in [-0.15, -0.1) is 0 Å². The highest BCUT2D eigenvalue weighted by atomic mass is 19.1. The van der Waals surface area contributed by atoms with Crippen LogP contribution in [0.3, 0.4) is 0 Å². The van der Waals surface area contributed by atoms with Gasteiger partial charge in [0.2, 0.25) is 0 Å². The van der Waals surface area contributed by atoms with Gasteiger partial charge in [0.1, 0.15) is 17.1 Å². The Morgan fingerprint density at radius 2 is 2.11 bits per heavy atom. The maximum atomic E-state index is 13.6. The van der Waals surface area contributed by atoms with Crippen molar-refractivity contribution in [2.45, 2.75) is 25.4 Å². The fourth-order valence-electron chi connectivity index (χ4n) is 4.21. The number of fused-ring (bicyclic) bond motifs is 1. The van der Waals surface area contributed by atoms with Gasteiger partial charge >= 0.3 is 0 Å². The van der Waals surface area contributed by atoms with Crippen molar-refractivity contribution in [3.8, 4) is 0 Å². The maximum Gasteiger partial charge on any atom is 0.270 e. The van der Waals surface area contributed by atoms with Crippen molar-refractivity contribution in [1.29, 1.82) is 0 Å². The molecule has 6 nitrogen and oxygen atoms in total. The number of likely N-dealkylation sites (tertiary alicyclic amines) is 1. The minimum absolute atomic E-state index is 0.186. The standard InChI is InChI=1S/C20H26FN3O3/c1-14-16-10-15(21)4-5-17(16)22-18(14)19(25)24-8-9-27-13-20(26,12-24)11-23-6-2-3-7-23/h4-5,10,22,26H,2-3,6-9,11-13H2,1H3. The van der Waals surface area contributed by atoms with E-state index in [1.54, 1.807) is 11.0 Å². The van der Waals surface area contributed by atoms with E-state index in [1.807, 2.05) is 6.92 Å². The molecule has 2 fully saturated rings. The number of nitrogens with one attached hydrogen (secondary N) is 1. The Bertz CT molecular complexity index is 846. The number of carbonyl (C=O) groups excluding carboxylic acids is 1. The summed E-state index contributed by atoms with van der Waals surface area (Å²) in [6, 6.07) is 4.46. The van der Waals surface area contributed by atoms with Crippen LogP contribution in [0.15, 0.2) is 18.2 Å². The van der Waals surface area contributed by atoms with Gasteiger partial charge in [0.25, 0.3) is 5.91 Å². The Balaban J connectivity index is 1.57. The Morgan fingerprint density at radius 1 is 1.33 bits per heavy atom. The number of aromatic amines is 1. The van der Waals surface area contributed by atoms with E-state index in [9.17, 15) is 14.3 Å². The minimum Gasteiger partial charge on any atom is -0.384 e. The Morgan fingerprint density at radius 3 is 2.89 bits per heavy atom. The normalized spacial score (nSPS) is 24.5. The number of halogens is 1. The molecule has 2 aliphatic heterocycles. The number of amides is 1. The van der Waals surface area contributed by atoms with Gasteiger partial charge < -0.3 is 24.6 Å². The molecule has 3 heterocycles. The lowest BCUT2D eigenvalue weighted by Gasteiger charge is -2.34. The molecule has 0 radical (unpaired) electrons. The lowest BCUT2D eigenvalue weighted by atomic mass is 10.0. The molecular formula is C20H26FN3O3. The van der Waals surface area contributed by atoms with Gasteiger partial charge in [0.15, 0.2) is 0 Å². The number of aromatic nitrogens is 1. The predicted molar refractivity (Wildman–Crippen MR) is 100 cm³/mol. The third kappa shape index (κ3) is 3.72. The highest BCUT2D eigenvalue weighted by Gasteiger charge is 2.37. The molecule has 1 atom stereocenters. The van der Waals surface area contributed by atoms with Crippen LogP contribution in [0.5, 0.6) is 0 Å². The summed E-state index contributed by atoms with van der Waals surface area (Å²) >= 11 is 0. The zero-order valence-electron chi connectivity index (χ0n) is 15.6. The number of ether oxygens (including phenoxy) is 1. The number of hydrogen-bond donors (Lipinski definition) is 2. The lowest BCUT2D eigenvalue weighted by Crippen LogP contribution is -2.53. The number of nitrogens with zero attached hydrogens (tertiary/aromatic N) is 2. The number of H-pyrrole nitrogens is 1. The largest absolute Gasteiger partial charge is 0.384 e. The molecule has 2 aliphatic rings. The summed E-state index contributed by atoms with van der Waals surface area (Å²) in [6.07, 6.45) is 2.29. The predicted octanol–water partition coefficient (Wildman–Crippen LogP) is 1.91. The second kappa shape index (κ2) is 7.22. The average molecular weight is 375 g/mol. The maximum absolute atomic E-state index is 13.6. The van der Waals surface area contributed by atoms with E-state index in [0.717, 1.165) is 37.0 Å². The molecule has 1 aromatic heterocycles. The molecule has 1 amide bonds. The minimum atomic E-state index is -1.08. The number of hydrogen-bond acceptors (Lipinski definition) is 4. The summed E-state index contributed by atoms with van der Waals surface area (Å²) in [5.74, 6) is -0.513. The van der Waals surface area contributed by atoms with Crippen LogP contribution < -0.4 is 0 Å². The molecule has 0 spiro atoms. The number of aryl methyl sites for hydroxylation is 1. The van der Waals surface area contributed by atoms with E-state index in [2.05, 4.69) is 9.88 Å². The molecule has 1 aromatic carbocycles. The van der Waals surface area contributed by atoms with Crippen molar-refractivity contribution in [3.63, 3.8) is 0 Å². The van der Waals surface area contributed by atoms with Crippen LogP contribution in [0.25, 0.3) is 10.9 Å². The summed E-state index contributed by atoms with van der Waals surface area (Å²) in [5, 5.41) is 11.8. The first-order valence-electron chi connectivity index (χ1n) is 9.55. The molecule has 2 aromatic rings. The second-order valence-corrected chi connectivity index (χ2v) is 7.80. The van der Waals surface area contributed by atoms with Gasteiger partial charge in [-0.2, -0.15) is 0 Å². The number of aliphatic hydroxyl groups is 1. The van der Waals surface area contributed by atoms with Crippen LogP contribution in [0.4, 0.5) is 4.39 Å². The average Bonchev–Trinajstić information content (AvgIpc) is 3.20. The van der Waals surface area contributed by atoms with Crippen LogP contribution in [0, 0.1) is 12.7 Å². The van der Waals surface area contributed by atoms with Crippen LogP contribution in [0.1, 0.15) is 28.9 Å². The van der Waals surface area contributed by atoms with Crippen molar-refractivity contribution in [2.75, 3.05) is 45.9 Å². The van der Waals surface area contributed by atoms with Gasteiger partial charge in [0, 0.05) is 24.0 Å². The fraction of sp³-hybridized carbons (Fsp3) is 0.550. The fourth-order valence-corrected chi connectivity index (χ4v) is 4.21. The summed E-state index contributed by atoms with van der Waals surface area (Å²) in [4.78, 5) is 20.2. The molecule has 146 valence electrons. The first-order valence-corrected chi connectivity index (χ1v) is 9.55. The molecule has 27 heavy (non-hydrogen) atoms. The van der Waals surface area contributed by atoms with Gasteiger partial charge in [-0.1, -0.05) is 0 Å². The van der Waals surface area contributed by atoms with Crippen LogP contribution in [-0.2, 0) is 4.74 Å². The van der Waals surface area contributed by atoms with Gasteiger partial charge in [-0.05, 0) is 56.6 Å². The summed E-state index contributed by atoms with van der Waals surface area (Å²) in [6.45, 7) is 5.54. The molecule has 0 saturated carbocycles. The zero-order chi connectivity index (χ0) is 19.0. The highest BCUT2D eigenvalue weighted by molar-refractivity contribution is 6.01. The first kappa shape index (κ1) is 18.4. The summed E-state index contributed by atoms with van der Waals surface area (Å²) in [5.41, 5.74) is 0.821. The van der Waals surface area contributed by atoms with Crippen molar-refractivity contribution in [1.82, 2.24) is 14.8 Å². The molecule has 1 unspecified atom stereocenters. The number of rotatable bonds is 3. The Kier molecular flexibility index (Phi) is 4.92. The van der Waals surface area contributed by atoms with E-state index in [4.69, 9.17) is 4.74 Å². The molecule has 2 N–H and O–H groups in total. The third-order valence-corrected chi connectivity index (χ3v) is 5.60. The van der Waals surface area contributed by atoms with E-state index in [-0.39, 0.29) is 24.9 Å². The SMILES string of the molecule is Cc1c(C(=O)N2CCOCC(O)(CN3CCCC3)C2)[nH]c2ccc(F)cc12. The van der Waals surface area contributed by atoms with E-state index >= 15 is 0 Å². The van der Waals surface area contributed by atoms with Gasteiger partial charge in [0.05, 0.1) is 19.8 Å². The monoisotopic (exact) mass is 375 g/mol. The quantitative estimate of drug-likeness (QED) is 0.860. The number of β-amino-alcohol motifs (C(OH)–C–C–N with tert-alkyl or cyclic N) is 1. The molecular weight excluding hydrogens is 349 g/mol. The van der Waals surface area contributed by atoms with Crippen molar-refractivity contribution in [3.05, 3.63) is 35.3 Å². The van der Waals surface area contributed by atoms with Crippen LogP contribution in [-0.4, -0.2) is 77.3 Å². The summed E-state index contributed by atoms with van der Waals surface area (Å²) in [7, 11) is 0. The topological polar surface area (TPSA) is 68.8 Å². The molecule has 0 bridgehead atoms. The van der Waals surface area contributed by atoms with Gasteiger partial charge in [-0.25, -0.2) is 4.39 Å². The van der Waals surface area contributed by atoms with E-state index in [1.165, 1.54) is 12.1 Å².